The van der Waals surface area contributed by atoms with E-state index in [2.05, 4.69) is 10.1 Å². The molecule has 0 aliphatic heterocycles. The van der Waals surface area contributed by atoms with Crippen molar-refractivity contribution < 1.29 is 14.3 Å². The number of aryl methyl sites for hydroxylation is 2. The van der Waals surface area contributed by atoms with Crippen LogP contribution in [0.5, 0.6) is 0 Å². The van der Waals surface area contributed by atoms with E-state index < -0.39 is 11.8 Å². The van der Waals surface area contributed by atoms with Gasteiger partial charge in [0.05, 0.1) is 12.1 Å². The molecule has 6 heteroatoms. The Balaban J connectivity index is 2.39. The predicted octanol–water partition coefficient (Wildman–Crippen LogP) is 2.29. The molecule has 0 radical (unpaired) electrons. The van der Waals surface area contributed by atoms with E-state index in [0.717, 1.165) is 24.1 Å². The van der Waals surface area contributed by atoms with Gasteiger partial charge in [-0.25, -0.2) is 18.9 Å². The molecule has 1 aromatic carbocycles. The number of carboxylic acids is 1. The molecule has 0 aliphatic rings. The summed E-state index contributed by atoms with van der Waals surface area (Å²) in [5.41, 5.74) is 0.474. The van der Waals surface area contributed by atoms with Gasteiger partial charge >= 0.3 is 5.97 Å². The number of aromatic carboxylic acids is 1. The average molecular weight is 277 g/mol. The van der Waals surface area contributed by atoms with Crippen molar-refractivity contribution in [2.75, 3.05) is 0 Å². The van der Waals surface area contributed by atoms with Crippen LogP contribution in [0.4, 0.5) is 4.39 Å². The minimum Gasteiger partial charge on any atom is -0.478 e. The maximum Gasteiger partial charge on any atom is 0.336 e. The van der Waals surface area contributed by atoms with E-state index in [9.17, 15) is 9.18 Å². The van der Waals surface area contributed by atoms with E-state index in [1.54, 1.807) is 4.68 Å². The first-order valence-electron chi connectivity index (χ1n) is 6.49. The molecule has 0 saturated heterocycles. The molecule has 2 aromatic rings. The summed E-state index contributed by atoms with van der Waals surface area (Å²) in [7, 11) is 0. The Morgan fingerprint density at radius 2 is 2.10 bits per heavy atom. The van der Waals surface area contributed by atoms with E-state index in [4.69, 9.17) is 5.11 Å². The highest BCUT2D eigenvalue weighted by Crippen LogP contribution is 2.14. The molecule has 0 amide bonds. The minimum atomic E-state index is -1.15. The molecule has 5 nitrogen and oxygen atoms in total. The van der Waals surface area contributed by atoms with Crippen molar-refractivity contribution >= 4 is 5.97 Å². The zero-order chi connectivity index (χ0) is 14.7. The highest BCUT2D eigenvalue weighted by atomic mass is 19.1. The number of hydrogen-bond acceptors (Lipinski definition) is 3. The van der Waals surface area contributed by atoms with Gasteiger partial charge in [0, 0.05) is 12.8 Å². The SMILES string of the molecule is CCc1nc(CC)n(Cc2ccc(F)cc2C(=O)O)n1. The summed E-state index contributed by atoms with van der Waals surface area (Å²) in [5, 5.41) is 13.5. The van der Waals surface area contributed by atoms with Gasteiger partial charge in [-0.1, -0.05) is 19.9 Å². The average Bonchev–Trinajstić information content (AvgIpc) is 2.82. The molecule has 1 heterocycles. The fourth-order valence-corrected chi connectivity index (χ4v) is 2.01. The van der Waals surface area contributed by atoms with Gasteiger partial charge in [0.15, 0.2) is 5.82 Å². The van der Waals surface area contributed by atoms with Crippen LogP contribution in [0.1, 0.15) is 41.4 Å². The molecule has 0 atom stereocenters. The number of benzene rings is 1. The van der Waals surface area contributed by atoms with Crippen molar-refractivity contribution in [3.63, 3.8) is 0 Å². The fraction of sp³-hybridized carbons (Fsp3) is 0.357. The van der Waals surface area contributed by atoms with Crippen LogP contribution in [-0.4, -0.2) is 25.8 Å². The van der Waals surface area contributed by atoms with Crippen molar-refractivity contribution in [3.8, 4) is 0 Å². The summed E-state index contributed by atoms with van der Waals surface area (Å²) in [6, 6.07) is 3.76. The summed E-state index contributed by atoms with van der Waals surface area (Å²) in [6.07, 6.45) is 1.42. The molecule has 0 fully saturated rings. The quantitative estimate of drug-likeness (QED) is 0.910. The summed E-state index contributed by atoms with van der Waals surface area (Å²) in [4.78, 5) is 15.5. The van der Waals surface area contributed by atoms with Crippen LogP contribution in [0, 0.1) is 5.82 Å². The topological polar surface area (TPSA) is 68.0 Å². The fourth-order valence-electron chi connectivity index (χ4n) is 2.01. The van der Waals surface area contributed by atoms with E-state index in [1.807, 2.05) is 13.8 Å². The molecule has 0 bridgehead atoms. The molecule has 0 saturated carbocycles. The van der Waals surface area contributed by atoms with Crippen molar-refractivity contribution in [1.82, 2.24) is 14.8 Å². The molecule has 1 aromatic heterocycles. The Hall–Kier alpha value is -2.24. The monoisotopic (exact) mass is 277 g/mol. The van der Waals surface area contributed by atoms with Crippen LogP contribution < -0.4 is 0 Å². The molecule has 0 unspecified atom stereocenters. The summed E-state index contributed by atoms with van der Waals surface area (Å²) >= 11 is 0. The maximum atomic E-state index is 13.2. The molecule has 2 rings (SSSR count). The Morgan fingerprint density at radius 1 is 1.35 bits per heavy atom. The second-order valence-electron chi connectivity index (χ2n) is 4.42. The third-order valence-corrected chi connectivity index (χ3v) is 3.05. The first-order valence-corrected chi connectivity index (χ1v) is 6.49. The lowest BCUT2D eigenvalue weighted by molar-refractivity contribution is 0.0695. The molecule has 0 spiro atoms. The number of carbonyl (C=O) groups is 1. The van der Waals surface area contributed by atoms with Crippen molar-refractivity contribution in [2.24, 2.45) is 0 Å². The summed E-state index contributed by atoms with van der Waals surface area (Å²) in [6.45, 7) is 4.19. The third kappa shape index (κ3) is 2.84. The van der Waals surface area contributed by atoms with Crippen LogP contribution >= 0.6 is 0 Å². The maximum absolute atomic E-state index is 13.2. The van der Waals surface area contributed by atoms with E-state index in [0.29, 0.717) is 12.0 Å². The van der Waals surface area contributed by atoms with Crippen molar-refractivity contribution in [1.29, 1.82) is 0 Å². The number of carboxylic acid groups (broad SMARTS) is 1. The van der Waals surface area contributed by atoms with Crippen LogP contribution in [-0.2, 0) is 19.4 Å². The van der Waals surface area contributed by atoms with Gasteiger partial charge in [-0.05, 0) is 17.7 Å². The van der Waals surface area contributed by atoms with Crippen LogP contribution in [0.15, 0.2) is 18.2 Å². The van der Waals surface area contributed by atoms with Gasteiger partial charge in [-0.3, -0.25) is 0 Å². The number of hydrogen-bond donors (Lipinski definition) is 1. The van der Waals surface area contributed by atoms with Crippen LogP contribution in [0.3, 0.4) is 0 Å². The zero-order valence-corrected chi connectivity index (χ0v) is 11.4. The van der Waals surface area contributed by atoms with E-state index in [1.165, 1.54) is 12.1 Å². The number of halogens is 1. The van der Waals surface area contributed by atoms with Gasteiger partial charge < -0.3 is 5.11 Å². The molecule has 1 N–H and O–H groups in total. The molecule has 20 heavy (non-hydrogen) atoms. The smallest absolute Gasteiger partial charge is 0.336 e. The number of nitrogens with zero attached hydrogens (tertiary/aromatic N) is 3. The normalized spacial score (nSPS) is 10.8. The standard InChI is InChI=1S/C14H16FN3O2/c1-3-12-16-13(4-2)18(17-12)8-9-5-6-10(15)7-11(9)14(19)20/h5-7H,3-4,8H2,1-2H3,(H,19,20). The van der Waals surface area contributed by atoms with Gasteiger partial charge in [0.2, 0.25) is 0 Å². The van der Waals surface area contributed by atoms with Crippen LogP contribution in [0.2, 0.25) is 0 Å². The zero-order valence-electron chi connectivity index (χ0n) is 11.4. The molecular weight excluding hydrogens is 261 g/mol. The third-order valence-electron chi connectivity index (χ3n) is 3.05. The lowest BCUT2D eigenvalue weighted by Crippen LogP contribution is -2.11. The first-order chi connectivity index (χ1) is 9.55. The Morgan fingerprint density at radius 3 is 2.70 bits per heavy atom. The van der Waals surface area contributed by atoms with Crippen molar-refractivity contribution in [3.05, 3.63) is 46.8 Å². The van der Waals surface area contributed by atoms with Crippen molar-refractivity contribution in [2.45, 2.75) is 33.2 Å². The molecular formula is C14H16FN3O2. The largest absolute Gasteiger partial charge is 0.478 e. The van der Waals surface area contributed by atoms with Crippen LogP contribution in [0.25, 0.3) is 0 Å². The molecule has 106 valence electrons. The second-order valence-corrected chi connectivity index (χ2v) is 4.42. The lowest BCUT2D eigenvalue weighted by atomic mass is 10.1. The Labute approximate surface area is 116 Å². The van der Waals surface area contributed by atoms with Gasteiger partial charge in [-0.2, -0.15) is 5.10 Å². The lowest BCUT2D eigenvalue weighted by Gasteiger charge is -2.08. The Bertz CT molecular complexity index is 637. The highest BCUT2D eigenvalue weighted by Gasteiger charge is 2.14. The predicted molar refractivity (Wildman–Crippen MR) is 71.2 cm³/mol. The van der Waals surface area contributed by atoms with E-state index >= 15 is 0 Å². The highest BCUT2D eigenvalue weighted by molar-refractivity contribution is 5.89. The minimum absolute atomic E-state index is 0.0411. The number of rotatable bonds is 5. The first kappa shape index (κ1) is 14.2. The summed E-state index contributed by atoms with van der Waals surface area (Å²) in [5.74, 6) is -0.188. The second kappa shape index (κ2) is 5.81. The van der Waals surface area contributed by atoms with Gasteiger partial charge in [0.25, 0.3) is 0 Å². The van der Waals surface area contributed by atoms with Gasteiger partial charge in [0.1, 0.15) is 11.6 Å². The molecule has 0 aliphatic carbocycles. The summed E-state index contributed by atoms with van der Waals surface area (Å²) < 4.78 is 14.8. The number of aromatic nitrogens is 3. The van der Waals surface area contributed by atoms with Gasteiger partial charge in [-0.15, -0.1) is 0 Å². The van der Waals surface area contributed by atoms with E-state index in [-0.39, 0.29) is 12.1 Å². The Kier molecular flexibility index (Phi) is 4.12.